The molecule has 4 nitrogen and oxygen atoms in total. The average Bonchev–Trinajstić information content (AvgIpc) is 3.30. The van der Waals surface area contributed by atoms with Gasteiger partial charge >= 0.3 is 0 Å². The van der Waals surface area contributed by atoms with Crippen molar-refractivity contribution in [2.24, 2.45) is 0 Å². The first-order valence-electron chi connectivity index (χ1n) is 10.0. The van der Waals surface area contributed by atoms with Crippen LogP contribution < -0.4 is 0 Å². The predicted molar refractivity (Wildman–Crippen MR) is 111 cm³/mol. The molecule has 2 aromatic carbocycles. The maximum Gasteiger partial charge on any atom is 0.277 e. The first-order chi connectivity index (χ1) is 13.6. The quantitative estimate of drug-likeness (QED) is 0.749. The summed E-state index contributed by atoms with van der Waals surface area (Å²) < 4.78 is 0. The summed E-state index contributed by atoms with van der Waals surface area (Å²) in [6, 6.07) is 16.0. The third kappa shape index (κ3) is 3.35. The van der Waals surface area contributed by atoms with Gasteiger partial charge in [0.1, 0.15) is 5.70 Å². The second kappa shape index (κ2) is 7.63. The number of hydrogen-bond donors (Lipinski definition) is 0. The number of carbonyl (C=O) groups excluding carboxylic acids is 2. The molecule has 144 valence electrons. The lowest BCUT2D eigenvalue weighted by Crippen LogP contribution is -2.36. The van der Waals surface area contributed by atoms with Gasteiger partial charge < -0.3 is 4.90 Å². The van der Waals surface area contributed by atoms with Crippen molar-refractivity contribution in [2.45, 2.75) is 33.1 Å². The van der Waals surface area contributed by atoms with Gasteiger partial charge in [0.25, 0.3) is 11.8 Å². The fraction of sp³-hybridized carbons (Fsp3) is 0.333. The van der Waals surface area contributed by atoms with E-state index in [1.54, 1.807) is 0 Å². The van der Waals surface area contributed by atoms with Crippen molar-refractivity contribution in [2.75, 3.05) is 19.6 Å². The zero-order valence-corrected chi connectivity index (χ0v) is 16.6. The van der Waals surface area contributed by atoms with Crippen LogP contribution in [0.3, 0.4) is 0 Å². The minimum Gasteiger partial charge on any atom is -0.366 e. The van der Waals surface area contributed by atoms with Gasteiger partial charge in [-0.2, -0.15) is 0 Å². The van der Waals surface area contributed by atoms with Crippen LogP contribution >= 0.6 is 0 Å². The van der Waals surface area contributed by atoms with Crippen LogP contribution in [0, 0.1) is 13.8 Å². The molecule has 0 bridgehead atoms. The maximum atomic E-state index is 13.3. The summed E-state index contributed by atoms with van der Waals surface area (Å²) in [6.07, 6.45) is 2.80. The molecule has 1 saturated heterocycles. The molecule has 0 spiro atoms. The molecule has 0 radical (unpaired) electrons. The number of carbonyl (C=O) groups is 2. The second-order valence-corrected chi connectivity index (χ2v) is 7.71. The minimum absolute atomic E-state index is 0.143. The molecule has 2 amide bonds. The first-order valence-corrected chi connectivity index (χ1v) is 10.0. The van der Waals surface area contributed by atoms with Crippen molar-refractivity contribution < 1.29 is 9.59 Å². The number of benzene rings is 2. The lowest BCUT2D eigenvalue weighted by atomic mass is 9.99. The van der Waals surface area contributed by atoms with E-state index in [1.807, 2.05) is 55.5 Å². The Morgan fingerprint density at radius 1 is 0.857 bits per heavy atom. The highest BCUT2D eigenvalue weighted by atomic mass is 16.2. The number of nitrogens with zero attached hydrogens (tertiary/aromatic N) is 2. The summed E-state index contributed by atoms with van der Waals surface area (Å²) in [7, 11) is 0. The summed E-state index contributed by atoms with van der Waals surface area (Å²) in [4.78, 5) is 30.1. The summed E-state index contributed by atoms with van der Waals surface area (Å²) in [5.41, 5.74) is 5.47. The molecule has 2 aromatic rings. The van der Waals surface area contributed by atoms with Crippen LogP contribution in [-0.4, -0.2) is 41.2 Å². The van der Waals surface area contributed by atoms with Gasteiger partial charge in [-0.25, -0.2) is 0 Å². The summed E-state index contributed by atoms with van der Waals surface area (Å²) in [5, 5.41) is 0. The third-order valence-corrected chi connectivity index (χ3v) is 5.83. The topological polar surface area (TPSA) is 40.6 Å². The van der Waals surface area contributed by atoms with E-state index in [4.69, 9.17) is 0 Å². The van der Waals surface area contributed by atoms with Crippen molar-refractivity contribution >= 4 is 17.4 Å². The molecule has 0 atom stereocenters. The SMILES string of the molecule is Cc1ccc(C2=C(N3CCCC3)C(=O)N(CCc3ccccc3)C2=O)cc1C. The van der Waals surface area contributed by atoms with E-state index >= 15 is 0 Å². The Morgan fingerprint density at radius 2 is 1.57 bits per heavy atom. The van der Waals surface area contributed by atoms with Crippen molar-refractivity contribution in [3.63, 3.8) is 0 Å². The van der Waals surface area contributed by atoms with Crippen LogP contribution in [-0.2, 0) is 16.0 Å². The zero-order valence-electron chi connectivity index (χ0n) is 16.6. The molecule has 4 heteroatoms. The van der Waals surface area contributed by atoms with E-state index in [0.717, 1.165) is 42.6 Å². The Balaban J connectivity index is 1.68. The van der Waals surface area contributed by atoms with E-state index in [0.29, 0.717) is 24.2 Å². The molecule has 0 N–H and O–H groups in total. The van der Waals surface area contributed by atoms with Gasteiger partial charge in [0.05, 0.1) is 5.57 Å². The smallest absolute Gasteiger partial charge is 0.277 e. The molecule has 4 rings (SSSR count). The Labute approximate surface area is 166 Å². The highest BCUT2D eigenvalue weighted by Crippen LogP contribution is 2.34. The standard InChI is InChI=1S/C24H26N2O2/c1-17-10-11-20(16-18(17)2)21-22(25-13-6-7-14-25)24(28)26(23(21)27)15-12-19-8-4-3-5-9-19/h3-5,8-11,16H,6-7,12-15H2,1-2H3. The van der Waals surface area contributed by atoms with Crippen molar-refractivity contribution in [1.29, 1.82) is 0 Å². The third-order valence-electron chi connectivity index (χ3n) is 5.83. The summed E-state index contributed by atoms with van der Waals surface area (Å²) in [5.74, 6) is -0.304. The molecule has 28 heavy (non-hydrogen) atoms. The van der Waals surface area contributed by atoms with E-state index in [9.17, 15) is 9.59 Å². The van der Waals surface area contributed by atoms with Gasteiger partial charge in [0.2, 0.25) is 0 Å². The van der Waals surface area contributed by atoms with Crippen LogP contribution in [0.15, 0.2) is 54.2 Å². The number of rotatable bonds is 5. The van der Waals surface area contributed by atoms with Gasteiger partial charge in [0.15, 0.2) is 0 Å². The predicted octanol–water partition coefficient (Wildman–Crippen LogP) is 3.72. The van der Waals surface area contributed by atoms with Crippen LogP contribution in [0.2, 0.25) is 0 Å². The van der Waals surface area contributed by atoms with E-state index in [2.05, 4.69) is 11.8 Å². The lowest BCUT2D eigenvalue weighted by Gasteiger charge is -2.20. The number of imide groups is 1. The van der Waals surface area contributed by atoms with Crippen LogP contribution in [0.25, 0.3) is 5.57 Å². The summed E-state index contributed by atoms with van der Waals surface area (Å²) >= 11 is 0. The minimum atomic E-state index is -0.161. The Bertz CT molecular complexity index is 940. The lowest BCUT2D eigenvalue weighted by molar-refractivity contribution is -0.137. The van der Waals surface area contributed by atoms with Crippen molar-refractivity contribution in [1.82, 2.24) is 9.80 Å². The number of amides is 2. The second-order valence-electron chi connectivity index (χ2n) is 7.71. The molecular formula is C24H26N2O2. The molecule has 0 aromatic heterocycles. The highest BCUT2D eigenvalue weighted by molar-refractivity contribution is 6.35. The first kappa shape index (κ1) is 18.5. The normalized spacial score (nSPS) is 17.2. The molecule has 2 aliphatic rings. The Kier molecular flexibility index (Phi) is 5.03. The van der Waals surface area contributed by atoms with E-state index in [-0.39, 0.29) is 11.8 Å². The van der Waals surface area contributed by atoms with Crippen LogP contribution in [0.5, 0.6) is 0 Å². The number of aryl methyl sites for hydroxylation is 2. The summed E-state index contributed by atoms with van der Waals surface area (Å²) in [6.45, 7) is 6.20. The van der Waals surface area contributed by atoms with Crippen LogP contribution in [0.1, 0.15) is 35.1 Å². The van der Waals surface area contributed by atoms with Crippen molar-refractivity contribution in [3.8, 4) is 0 Å². The van der Waals surface area contributed by atoms with Crippen LogP contribution in [0.4, 0.5) is 0 Å². The largest absolute Gasteiger partial charge is 0.366 e. The van der Waals surface area contributed by atoms with Gasteiger partial charge in [-0.15, -0.1) is 0 Å². The van der Waals surface area contributed by atoms with Gasteiger partial charge in [0, 0.05) is 19.6 Å². The van der Waals surface area contributed by atoms with Gasteiger partial charge in [-0.05, 0) is 55.4 Å². The average molecular weight is 374 g/mol. The molecule has 2 heterocycles. The van der Waals surface area contributed by atoms with E-state index in [1.165, 1.54) is 10.5 Å². The van der Waals surface area contributed by atoms with Crippen molar-refractivity contribution in [3.05, 3.63) is 76.5 Å². The fourth-order valence-corrected chi connectivity index (χ4v) is 4.04. The molecule has 0 saturated carbocycles. The Hall–Kier alpha value is -2.88. The van der Waals surface area contributed by atoms with Gasteiger partial charge in [-0.3, -0.25) is 14.5 Å². The maximum absolute atomic E-state index is 13.3. The van der Waals surface area contributed by atoms with E-state index < -0.39 is 0 Å². The molecule has 1 fully saturated rings. The van der Waals surface area contributed by atoms with Gasteiger partial charge in [-0.1, -0.05) is 48.5 Å². The highest BCUT2D eigenvalue weighted by Gasteiger charge is 2.41. The Morgan fingerprint density at radius 3 is 2.25 bits per heavy atom. The molecule has 2 aliphatic heterocycles. The number of likely N-dealkylation sites (tertiary alicyclic amines) is 1. The molecule has 0 unspecified atom stereocenters. The zero-order chi connectivity index (χ0) is 19.7. The molecular weight excluding hydrogens is 348 g/mol. The molecule has 0 aliphatic carbocycles. The fourth-order valence-electron chi connectivity index (χ4n) is 4.04. The number of hydrogen-bond acceptors (Lipinski definition) is 3. The monoisotopic (exact) mass is 374 g/mol.